The molecule has 190 valence electrons. The third-order valence-corrected chi connectivity index (χ3v) is 6.08. The molecule has 14 heteroatoms. The summed E-state index contributed by atoms with van der Waals surface area (Å²) in [4.78, 5) is 12.7. The lowest BCUT2D eigenvalue weighted by Gasteiger charge is -2.33. The van der Waals surface area contributed by atoms with E-state index in [2.05, 4.69) is 15.7 Å². The molecule has 0 radical (unpaired) electrons. The highest BCUT2D eigenvalue weighted by atomic mass is 35.5. The SMILES string of the molecule is O=C(Nc1ccc(Cl)c(C(F)(F)F)c1)c1cc2n(n1)[C@@H](C(F)(F)F)C[C@H](c1ccc3c(c1)OCO3)N2. The zero-order chi connectivity index (χ0) is 25.8. The molecule has 36 heavy (non-hydrogen) atoms. The lowest BCUT2D eigenvalue weighted by atomic mass is 9.96. The van der Waals surface area contributed by atoms with Gasteiger partial charge in [0.05, 0.1) is 16.6 Å². The van der Waals surface area contributed by atoms with Crippen LogP contribution in [0, 0.1) is 0 Å². The van der Waals surface area contributed by atoms with E-state index in [0.717, 1.165) is 18.2 Å². The summed E-state index contributed by atoms with van der Waals surface area (Å²) in [5, 5.41) is 8.39. The van der Waals surface area contributed by atoms with Crippen molar-refractivity contribution in [2.24, 2.45) is 0 Å². The maximum atomic E-state index is 13.9. The quantitative estimate of drug-likeness (QED) is 0.393. The van der Waals surface area contributed by atoms with Gasteiger partial charge in [-0.3, -0.25) is 4.79 Å². The van der Waals surface area contributed by atoms with Crippen LogP contribution in [0.3, 0.4) is 0 Å². The fourth-order valence-corrected chi connectivity index (χ4v) is 4.27. The topological polar surface area (TPSA) is 77.4 Å². The number of hydrogen-bond donors (Lipinski definition) is 2. The fraction of sp³-hybridized carbons (Fsp3) is 0.273. The van der Waals surface area contributed by atoms with E-state index in [0.29, 0.717) is 27.8 Å². The Bertz CT molecular complexity index is 1340. The third kappa shape index (κ3) is 4.50. The monoisotopic (exact) mass is 532 g/mol. The zero-order valence-corrected chi connectivity index (χ0v) is 18.6. The molecule has 2 atom stereocenters. The Kier molecular flexibility index (Phi) is 5.69. The second-order valence-corrected chi connectivity index (χ2v) is 8.52. The lowest BCUT2D eigenvalue weighted by Crippen LogP contribution is -2.35. The number of halogens is 7. The van der Waals surface area contributed by atoms with Crippen LogP contribution in [0.15, 0.2) is 42.5 Å². The molecule has 7 nitrogen and oxygen atoms in total. The lowest BCUT2D eigenvalue weighted by molar-refractivity contribution is -0.173. The standard InChI is InChI=1S/C22H15ClF6N4O3/c23-13-3-2-11(6-12(13)21(24,25)26)30-20(34)15-8-19-31-14(7-18(22(27,28)29)33(19)32-15)10-1-4-16-17(5-10)36-9-35-16/h1-6,8,14,18,31H,7,9H2,(H,30,34)/t14-,18-/m1/s1. The Hall–Kier alpha value is -3.61. The number of carbonyl (C=O) groups excluding carboxylic acids is 1. The number of alkyl halides is 6. The van der Waals surface area contributed by atoms with Crippen LogP contribution in [0.2, 0.25) is 5.02 Å². The molecule has 0 spiro atoms. The molecule has 0 fully saturated rings. The molecule has 3 heterocycles. The van der Waals surface area contributed by atoms with Crippen LogP contribution in [0.4, 0.5) is 37.8 Å². The van der Waals surface area contributed by atoms with Gasteiger partial charge in [0.25, 0.3) is 5.91 Å². The van der Waals surface area contributed by atoms with Gasteiger partial charge < -0.3 is 20.1 Å². The molecule has 0 unspecified atom stereocenters. The van der Waals surface area contributed by atoms with Crippen LogP contribution in [-0.4, -0.2) is 28.7 Å². The predicted octanol–water partition coefficient (Wildman–Crippen LogP) is 6.20. The van der Waals surface area contributed by atoms with Gasteiger partial charge in [0.1, 0.15) is 5.82 Å². The smallest absolute Gasteiger partial charge is 0.417 e. The zero-order valence-electron chi connectivity index (χ0n) is 17.9. The molecule has 2 N–H and O–H groups in total. The number of fused-ring (bicyclic) bond motifs is 2. The molecule has 3 aromatic rings. The molecule has 1 amide bonds. The summed E-state index contributed by atoms with van der Waals surface area (Å²) in [7, 11) is 0. The first-order valence-corrected chi connectivity index (χ1v) is 10.8. The highest BCUT2D eigenvalue weighted by Gasteiger charge is 2.47. The number of nitrogens with zero attached hydrogens (tertiary/aromatic N) is 2. The van der Waals surface area contributed by atoms with Crippen LogP contribution in [0.1, 0.15) is 40.1 Å². The van der Waals surface area contributed by atoms with Gasteiger partial charge in [0, 0.05) is 18.2 Å². The van der Waals surface area contributed by atoms with Crippen LogP contribution in [0.5, 0.6) is 11.5 Å². The van der Waals surface area contributed by atoms with Gasteiger partial charge in [-0.25, -0.2) is 4.68 Å². The number of benzene rings is 2. The van der Waals surface area contributed by atoms with E-state index in [-0.39, 0.29) is 18.3 Å². The van der Waals surface area contributed by atoms with E-state index in [4.69, 9.17) is 21.1 Å². The van der Waals surface area contributed by atoms with E-state index in [1.54, 1.807) is 18.2 Å². The minimum atomic E-state index is -4.76. The number of amides is 1. The number of rotatable bonds is 3. The maximum absolute atomic E-state index is 13.9. The van der Waals surface area contributed by atoms with Crippen molar-refractivity contribution in [1.82, 2.24) is 9.78 Å². The molecule has 2 aliphatic heterocycles. The average molecular weight is 533 g/mol. The minimum absolute atomic E-state index is 0.00534. The Morgan fingerprint density at radius 2 is 1.81 bits per heavy atom. The molecule has 0 saturated heterocycles. The molecule has 0 bridgehead atoms. The van der Waals surface area contributed by atoms with E-state index in [1.807, 2.05) is 0 Å². The normalized spacial score (nSPS) is 19.0. The van der Waals surface area contributed by atoms with Gasteiger partial charge in [-0.15, -0.1) is 0 Å². The van der Waals surface area contributed by atoms with Gasteiger partial charge in [-0.1, -0.05) is 17.7 Å². The Morgan fingerprint density at radius 1 is 1.06 bits per heavy atom. The van der Waals surface area contributed by atoms with Crippen molar-refractivity contribution in [2.45, 2.75) is 30.9 Å². The van der Waals surface area contributed by atoms with Crippen molar-refractivity contribution in [1.29, 1.82) is 0 Å². The van der Waals surface area contributed by atoms with Crippen LogP contribution in [-0.2, 0) is 6.18 Å². The summed E-state index contributed by atoms with van der Waals surface area (Å²) in [6.45, 7) is 0.00534. The van der Waals surface area contributed by atoms with E-state index in [1.165, 1.54) is 0 Å². The minimum Gasteiger partial charge on any atom is -0.454 e. The summed E-state index contributed by atoms with van der Waals surface area (Å²) < 4.78 is 92.3. The van der Waals surface area contributed by atoms with Gasteiger partial charge in [-0.2, -0.15) is 31.4 Å². The first-order chi connectivity index (χ1) is 16.9. The number of hydrogen-bond acceptors (Lipinski definition) is 5. The number of ether oxygens (including phenoxy) is 2. The van der Waals surface area contributed by atoms with Crippen LogP contribution in [0.25, 0.3) is 0 Å². The molecule has 5 rings (SSSR count). The second-order valence-electron chi connectivity index (χ2n) is 8.11. The first kappa shape index (κ1) is 24.1. The first-order valence-electron chi connectivity index (χ1n) is 10.4. The van der Waals surface area contributed by atoms with Gasteiger partial charge >= 0.3 is 12.4 Å². The number of aromatic nitrogens is 2. The third-order valence-electron chi connectivity index (χ3n) is 5.75. The van der Waals surface area contributed by atoms with Crippen molar-refractivity contribution < 1.29 is 40.6 Å². The van der Waals surface area contributed by atoms with Crippen LogP contribution < -0.4 is 20.1 Å². The fourth-order valence-electron chi connectivity index (χ4n) is 4.05. The summed E-state index contributed by atoms with van der Waals surface area (Å²) >= 11 is 5.58. The maximum Gasteiger partial charge on any atom is 0.417 e. The largest absolute Gasteiger partial charge is 0.454 e. The molecule has 2 aliphatic rings. The van der Waals surface area contributed by atoms with Crippen molar-refractivity contribution in [3.63, 3.8) is 0 Å². The van der Waals surface area contributed by atoms with Crippen molar-refractivity contribution in [3.8, 4) is 11.5 Å². The number of anilines is 2. The summed E-state index contributed by atoms with van der Waals surface area (Å²) in [5.41, 5.74) is -1.33. The second kappa shape index (κ2) is 8.50. The van der Waals surface area contributed by atoms with Gasteiger partial charge in [-0.05, 0) is 35.9 Å². The van der Waals surface area contributed by atoms with Crippen molar-refractivity contribution in [2.75, 3.05) is 17.4 Å². The molecule has 0 saturated carbocycles. The van der Waals surface area contributed by atoms with Crippen molar-refractivity contribution in [3.05, 3.63) is 64.3 Å². The Balaban J connectivity index is 1.43. The highest BCUT2D eigenvalue weighted by molar-refractivity contribution is 6.31. The Labute approximate surface area is 203 Å². The van der Waals surface area contributed by atoms with E-state index >= 15 is 0 Å². The van der Waals surface area contributed by atoms with E-state index in [9.17, 15) is 31.1 Å². The number of carbonyl (C=O) groups is 1. The average Bonchev–Trinajstić information content (AvgIpc) is 3.44. The molecule has 2 aromatic carbocycles. The molecule has 1 aromatic heterocycles. The summed E-state index contributed by atoms with van der Waals surface area (Å²) in [5.74, 6) is -0.196. The number of nitrogens with one attached hydrogen (secondary N) is 2. The van der Waals surface area contributed by atoms with Crippen molar-refractivity contribution >= 4 is 29.0 Å². The molecular formula is C22H15ClF6N4O3. The predicted molar refractivity (Wildman–Crippen MR) is 115 cm³/mol. The van der Waals surface area contributed by atoms with E-state index < -0.39 is 53.0 Å². The summed E-state index contributed by atoms with van der Waals surface area (Å²) in [6.07, 6.45) is -9.88. The molecule has 0 aliphatic carbocycles. The molecular weight excluding hydrogens is 518 g/mol. The highest BCUT2D eigenvalue weighted by Crippen LogP contribution is 2.45. The van der Waals surface area contributed by atoms with Gasteiger partial charge in [0.2, 0.25) is 6.79 Å². The van der Waals surface area contributed by atoms with Crippen LogP contribution >= 0.6 is 11.6 Å². The summed E-state index contributed by atoms with van der Waals surface area (Å²) in [6, 6.07) is 5.75. The van der Waals surface area contributed by atoms with Gasteiger partial charge in [0.15, 0.2) is 23.2 Å². The Morgan fingerprint density at radius 3 is 2.53 bits per heavy atom.